The molecule has 10 heteroatoms. The van der Waals surface area contributed by atoms with Crippen molar-refractivity contribution in [1.82, 2.24) is 0 Å². The van der Waals surface area contributed by atoms with Gasteiger partial charge in [-0.2, -0.15) is 26.3 Å². The van der Waals surface area contributed by atoms with E-state index < -0.39 is 36.1 Å². The Morgan fingerprint density at radius 2 is 1.44 bits per heavy atom. The summed E-state index contributed by atoms with van der Waals surface area (Å²) >= 11 is 1.32. The fraction of sp³-hybridized carbons (Fsp3) is 0.192. The number of rotatable bonds is 8. The van der Waals surface area contributed by atoms with E-state index in [1.165, 1.54) is 36.0 Å². The van der Waals surface area contributed by atoms with Crippen molar-refractivity contribution >= 4 is 23.3 Å². The van der Waals surface area contributed by atoms with Crippen LogP contribution in [-0.2, 0) is 17.1 Å². The van der Waals surface area contributed by atoms with Crippen molar-refractivity contribution in [1.29, 1.82) is 0 Å². The molecule has 0 heterocycles. The van der Waals surface area contributed by atoms with Crippen LogP contribution < -0.4 is 4.74 Å². The minimum absolute atomic E-state index is 0.138. The highest BCUT2D eigenvalue weighted by molar-refractivity contribution is 7.99. The minimum atomic E-state index is -4.61. The summed E-state index contributed by atoms with van der Waals surface area (Å²) in [6.45, 7) is 1.28. The van der Waals surface area contributed by atoms with Crippen LogP contribution in [0.15, 0.2) is 77.7 Å². The zero-order valence-electron chi connectivity index (χ0n) is 18.8. The maximum absolute atomic E-state index is 13.3. The quantitative estimate of drug-likeness (QED) is 0.241. The van der Waals surface area contributed by atoms with Gasteiger partial charge in [-0.15, -0.1) is 11.8 Å². The average Bonchev–Trinajstić information content (AvgIpc) is 2.80. The van der Waals surface area contributed by atoms with Gasteiger partial charge in [0, 0.05) is 10.6 Å². The highest BCUT2D eigenvalue weighted by atomic mass is 32.2. The number of halogens is 6. The molecule has 36 heavy (non-hydrogen) atoms. The summed E-state index contributed by atoms with van der Waals surface area (Å²) in [5.41, 5.74) is -0.524. The van der Waals surface area contributed by atoms with E-state index >= 15 is 0 Å². The standard InChI is InChI=1S/C26H20F6O3S/c1-16-12-21(35-15-24(33)34)8-9-23(16)36-11-10-22(17-4-2-6-19(13-17)25(27,28)29)18-5-3-7-20(14-18)26(30,31)32/h2-10,12-14H,11,15H2,1H3,(H,33,34). The highest BCUT2D eigenvalue weighted by Crippen LogP contribution is 2.36. The van der Waals surface area contributed by atoms with E-state index in [4.69, 9.17) is 9.84 Å². The lowest BCUT2D eigenvalue weighted by molar-refractivity contribution is -0.139. The molecule has 3 nitrogen and oxygen atoms in total. The molecule has 3 aromatic rings. The molecule has 0 aliphatic heterocycles. The van der Waals surface area contributed by atoms with E-state index in [0.29, 0.717) is 5.75 Å². The molecule has 0 unspecified atom stereocenters. The predicted octanol–water partition coefficient (Wildman–Crippen LogP) is 7.72. The highest BCUT2D eigenvalue weighted by Gasteiger charge is 2.32. The van der Waals surface area contributed by atoms with Crippen molar-refractivity contribution < 1.29 is 41.0 Å². The first-order valence-corrected chi connectivity index (χ1v) is 11.5. The summed E-state index contributed by atoms with van der Waals surface area (Å²) < 4.78 is 84.9. The van der Waals surface area contributed by atoms with Crippen LogP contribution in [0.2, 0.25) is 0 Å². The van der Waals surface area contributed by atoms with Crippen LogP contribution in [0.5, 0.6) is 5.75 Å². The normalized spacial score (nSPS) is 11.8. The second kappa shape index (κ2) is 11.1. The van der Waals surface area contributed by atoms with Gasteiger partial charge in [0.2, 0.25) is 0 Å². The summed E-state index contributed by atoms with van der Waals surface area (Å²) in [4.78, 5) is 11.4. The lowest BCUT2D eigenvalue weighted by Crippen LogP contribution is -2.09. The van der Waals surface area contributed by atoms with Crippen LogP contribution >= 0.6 is 11.8 Å². The summed E-state index contributed by atoms with van der Waals surface area (Å²) in [5, 5.41) is 8.72. The number of aliphatic carboxylic acids is 1. The van der Waals surface area contributed by atoms with Crippen LogP contribution in [0.4, 0.5) is 26.3 Å². The fourth-order valence-corrected chi connectivity index (χ4v) is 4.24. The number of aryl methyl sites for hydroxylation is 1. The Labute approximate surface area is 207 Å². The Kier molecular flexibility index (Phi) is 8.39. The third-order valence-electron chi connectivity index (χ3n) is 5.04. The number of ether oxygens (including phenoxy) is 1. The van der Waals surface area contributed by atoms with E-state index in [1.54, 1.807) is 31.2 Å². The van der Waals surface area contributed by atoms with Gasteiger partial charge in [-0.3, -0.25) is 0 Å². The Hall–Kier alpha value is -3.40. The van der Waals surface area contributed by atoms with Crippen LogP contribution in [-0.4, -0.2) is 23.4 Å². The first-order chi connectivity index (χ1) is 16.8. The fourth-order valence-electron chi connectivity index (χ4n) is 3.36. The largest absolute Gasteiger partial charge is 0.482 e. The van der Waals surface area contributed by atoms with Crippen LogP contribution in [0.1, 0.15) is 27.8 Å². The number of benzene rings is 3. The van der Waals surface area contributed by atoms with Gasteiger partial charge in [0.05, 0.1) is 11.1 Å². The molecule has 0 atom stereocenters. The molecule has 0 saturated carbocycles. The number of hydrogen-bond acceptors (Lipinski definition) is 3. The first kappa shape index (κ1) is 27.2. The summed E-state index contributed by atoms with van der Waals surface area (Å²) in [6.07, 6.45) is -7.62. The molecule has 3 aromatic carbocycles. The predicted molar refractivity (Wildman–Crippen MR) is 125 cm³/mol. The number of hydrogen-bond donors (Lipinski definition) is 1. The second-order valence-corrected chi connectivity index (χ2v) is 8.76. The number of carbonyl (C=O) groups is 1. The Morgan fingerprint density at radius 3 is 1.92 bits per heavy atom. The number of alkyl halides is 6. The third kappa shape index (κ3) is 7.30. The van der Waals surface area contributed by atoms with E-state index in [-0.39, 0.29) is 22.5 Å². The van der Waals surface area contributed by atoms with Gasteiger partial charge in [0.1, 0.15) is 5.75 Å². The molecule has 0 bridgehead atoms. The van der Waals surface area contributed by atoms with Crippen molar-refractivity contribution in [3.8, 4) is 5.75 Å². The lowest BCUT2D eigenvalue weighted by Gasteiger charge is -2.14. The van der Waals surface area contributed by atoms with E-state index in [2.05, 4.69) is 0 Å². The Bertz CT molecular complexity index is 1210. The topological polar surface area (TPSA) is 46.5 Å². The van der Waals surface area contributed by atoms with Crippen molar-refractivity contribution in [2.24, 2.45) is 0 Å². The molecule has 0 fully saturated rings. The maximum Gasteiger partial charge on any atom is 0.416 e. The van der Waals surface area contributed by atoms with Crippen LogP contribution in [0.25, 0.3) is 5.57 Å². The monoisotopic (exact) mass is 526 g/mol. The molecular formula is C26H20F6O3S. The van der Waals surface area contributed by atoms with Crippen molar-refractivity contribution in [2.45, 2.75) is 24.2 Å². The number of carboxylic acid groups (broad SMARTS) is 1. The number of thioether (sulfide) groups is 1. The lowest BCUT2D eigenvalue weighted by atomic mass is 9.95. The van der Waals surface area contributed by atoms with Gasteiger partial charge in [-0.1, -0.05) is 30.3 Å². The molecule has 0 aromatic heterocycles. The molecular weight excluding hydrogens is 506 g/mol. The molecule has 0 spiro atoms. The van der Waals surface area contributed by atoms with E-state index in [0.717, 1.165) is 34.7 Å². The molecule has 0 amide bonds. The van der Waals surface area contributed by atoms with Gasteiger partial charge in [-0.05, 0) is 71.7 Å². The molecule has 0 radical (unpaired) electrons. The van der Waals surface area contributed by atoms with E-state index in [9.17, 15) is 31.1 Å². The minimum Gasteiger partial charge on any atom is -0.482 e. The zero-order chi connectivity index (χ0) is 26.5. The Morgan fingerprint density at radius 1 is 0.889 bits per heavy atom. The van der Waals surface area contributed by atoms with E-state index in [1.807, 2.05) is 0 Å². The van der Waals surface area contributed by atoms with Crippen molar-refractivity contribution in [2.75, 3.05) is 12.4 Å². The average molecular weight is 526 g/mol. The third-order valence-corrected chi connectivity index (χ3v) is 6.14. The number of carboxylic acids is 1. The Balaban J connectivity index is 1.94. The van der Waals surface area contributed by atoms with Crippen molar-refractivity contribution in [3.63, 3.8) is 0 Å². The van der Waals surface area contributed by atoms with Crippen molar-refractivity contribution in [3.05, 3.63) is 101 Å². The molecule has 1 N–H and O–H groups in total. The SMILES string of the molecule is Cc1cc(OCC(=O)O)ccc1SCC=C(c1cccc(C(F)(F)F)c1)c1cccc(C(F)(F)F)c1. The van der Waals surface area contributed by atoms with Gasteiger partial charge in [-0.25, -0.2) is 4.79 Å². The summed E-state index contributed by atoms with van der Waals surface area (Å²) in [5.74, 6) is -0.505. The zero-order valence-corrected chi connectivity index (χ0v) is 19.6. The second-order valence-electron chi connectivity index (χ2n) is 7.70. The molecule has 0 saturated heterocycles. The molecule has 0 aliphatic carbocycles. The van der Waals surface area contributed by atoms with Gasteiger partial charge in [0.25, 0.3) is 0 Å². The summed E-state index contributed by atoms with van der Waals surface area (Å²) in [7, 11) is 0. The first-order valence-electron chi connectivity index (χ1n) is 10.5. The summed E-state index contributed by atoms with van der Waals surface area (Å²) in [6, 6.07) is 13.8. The van der Waals surface area contributed by atoms with Gasteiger partial charge < -0.3 is 9.84 Å². The molecule has 3 rings (SSSR count). The smallest absolute Gasteiger partial charge is 0.416 e. The van der Waals surface area contributed by atoms with Gasteiger partial charge in [0.15, 0.2) is 6.61 Å². The van der Waals surface area contributed by atoms with Gasteiger partial charge >= 0.3 is 18.3 Å². The molecule has 190 valence electrons. The van der Waals surface area contributed by atoms with Crippen LogP contribution in [0, 0.1) is 6.92 Å². The van der Waals surface area contributed by atoms with Crippen LogP contribution in [0.3, 0.4) is 0 Å². The maximum atomic E-state index is 13.3. The molecule has 0 aliphatic rings.